The summed E-state index contributed by atoms with van der Waals surface area (Å²) in [5.74, 6) is -0.130. The third-order valence-corrected chi connectivity index (χ3v) is 7.97. The van der Waals surface area contributed by atoms with Gasteiger partial charge in [-0.3, -0.25) is 19.8 Å². The summed E-state index contributed by atoms with van der Waals surface area (Å²) in [7, 11) is 0. The van der Waals surface area contributed by atoms with Crippen molar-refractivity contribution in [3.63, 3.8) is 0 Å². The number of nitrogens with one attached hydrogen (secondary N) is 3. The number of carbonyl (C=O) groups excluding carboxylic acids is 3. The van der Waals surface area contributed by atoms with Gasteiger partial charge in [0, 0.05) is 54.5 Å². The van der Waals surface area contributed by atoms with E-state index in [0.717, 1.165) is 34.6 Å². The predicted octanol–water partition coefficient (Wildman–Crippen LogP) is 4.95. The first-order valence-electron chi connectivity index (χ1n) is 12.9. The van der Waals surface area contributed by atoms with Gasteiger partial charge in [-0.1, -0.05) is 17.7 Å². The Balaban J connectivity index is 1.41. The molecule has 1 atom stereocenters. The number of benzene rings is 2. The predicted molar refractivity (Wildman–Crippen MR) is 158 cm³/mol. The van der Waals surface area contributed by atoms with Crippen LogP contribution in [0.3, 0.4) is 0 Å². The maximum atomic E-state index is 12.6. The van der Waals surface area contributed by atoms with Gasteiger partial charge < -0.3 is 26.0 Å². The average molecular weight is 582 g/mol. The molecule has 4 rings (SSSR count). The quantitative estimate of drug-likeness (QED) is 0.161. The van der Waals surface area contributed by atoms with Gasteiger partial charge in [-0.2, -0.15) is 0 Å². The van der Waals surface area contributed by atoms with Gasteiger partial charge in [0.1, 0.15) is 24.1 Å². The van der Waals surface area contributed by atoms with Crippen LogP contribution in [0.2, 0.25) is 4.34 Å². The lowest BCUT2D eigenvalue weighted by atomic mass is 10.0. The lowest BCUT2D eigenvalue weighted by Crippen LogP contribution is -2.40. The van der Waals surface area contributed by atoms with Crippen molar-refractivity contribution in [2.45, 2.75) is 45.3 Å². The van der Waals surface area contributed by atoms with Gasteiger partial charge in [0.25, 0.3) is 0 Å². The molecule has 0 saturated carbocycles. The lowest BCUT2D eigenvalue weighted by Gasteiger charge is -2.32. The fourth-order valence-corrected chi connectivity index (χ4v) is 5.56. The fourth-order valence-electron chi connectivity index (χ4n) is 4.50. The number of ether oxygens (including phenoxy) is 1. The zero-order valence-corrected chi connectivity index (χ0v) is 23.9. The summed E-state index contributed by atoms with van der Waals surface area (Å²) >= 11 is 7.67. The number of hydrogen-bond acceptors (Lipinski definition) is 6. The molecular formula is C29H32ClN5O4S. The molecule has 1 saturated heterocycles. The van der Waals surface area contributed by atoms with E-state index in [9.17, 15) is 14.4 Å². The minimum atomic E-state index is -0.450. The standard InChI is InChI=1S/C29H32ClN5O4S/c1-17(33-27(37)16-28(38)34-21-6-3-19(4-7-21)29(31)32)20-5-8-24(23(15-20)25-9-10-26(30)40-25)39-22-11-13-35(14-12-22)18(2)36/h3-10,15,17,22H,11-14,16H2,1-2H3,(H3,31,32)(H,33,37)(H,34,38). The normalized spacial score (nSPS) is 14.3. The summed E-state index contributed by atoms with van der Waals surface area (Å²) in [4.78, 5) is 39.5. The van der Waals surface area contributed by atoms with Gasteiger partial charge >= 0.3 is 0 Å². The Morgan fingerprint density at radius 3 is 2.40 bits per heavy atom. The van der Waals surface area contributed by atoms with Crippen molar-refractivity contribution < 1.29 is 19.1 Å². The molecule has 1 aromatic heterocycles. The summed E-state index contributed by atoms with van der Waals surface area (Å²) in [5, 5.41) is 13.0. The first-order chi connectivity index (χ1) is 19.1. The van der Waals surface area contributed by atoms with Crippen molar-refractivity contribution >= 4 is 52.2 Å². The number of likely N-dealkylation sites (tertiary alicyclic amines) is 1. The van der Waals surface area contributed by atoms with Crippen molar-refractivity contribution in [3.8, 4) is 16.2 Å². The lowest BCUT2D eigenvalue weighted by molar-refractivity contribution is -0.130. The molecule has 9 nitrogen and oxygen atoms in total. The van der Waals surface area contributed by atoms with Crippen molar-refractivity contribution in [1.29, 1.82) is 5.41 Å². The number of nitrogen functional groups attached to an aromatic ring is 1. The van der Waals surface area contributed by atoms with Crippen LogP contribution in [-0.2, 0) is 14.4 Å². The zero-order chi connectivity index (χ0) is 28.8. The SMILES string of the molecule is CC(=O)N1CCC(Oc2ccc(C(C)NC(=O)CC(=O)Nc3ccc(C(=N)N)cc3)cc2-c2ccc(Cl)s2)CC1. The fraction of sp³-hybridized carbons (Fsp3) is 0.310. The second-order valence-corrected chi connectivity index (χ2v) is 11.4. The molecule has 1 unspecified atom stereocenters. The summed E-state index contributed by atoms with van der Waals surface area (Å²) in [6.07, 6.45) is 1.15. The van der Waals surface area contributed by atoms with E-state index >= 15 is 0 Å². The number of hydrogen-bond donors (Lipinski definition) is 4. The van der Waals surface area contributed by atoms with Gasteiger partial charge in [0.05, 0.1) is 10.4 Å². The molecule has 0 spiro atoms. The molecule has 2 aromatic carbocycles. The van der Waals surface area contributed by atoms with Crippen molar-refractivity contribution in [2.24, 2.45) is 5.73 Å². The molecule has 0 radical (unpaired) electrons. The van der Waals surface area contributed by atoms with Crippen LogP contribution in [0, 0.1) is 5.41 Å². The smallest absolute Gasteiger partial charge is 0.233 e. The number of halogens is 1. The van der Waals surface area contributed by atoms with E-state index in [1.807, 2.05) is 42.2 Å². The van der Waals surface area contributed by atoms with Crippen molar-refractivity contribution in [1.82, 2.24) is 10.2 Å². The van der Waals surface area contributed by atoms with Crippen LogP contribution in [0.1, 0.15) is 50.3 Å². The Morgan fingerprint density at radius 1 is 1.10 bits per heavy atom. The highest BCUT2D eigenvalue weighted by atomic mass is 35.5. The highest BCUT2D eigenvalue weighted by Crippen LogP contribution is 2.39. The van der Waals surface area contributed by atoms with E-state index in [0.29, 0.717) is 28.7 Å². The topological polar surface area (TPSA) is 138 Å². The van der Waals surface area contributed by atoms with Crippen LogP contribution in [-0.4, -0.2) is 47.7 Å². The Hall–Kier alpha value is -3.89. The number of anilines is 1. The van der Waals surface area contributed by atoms with Crippen LogP contribution >= 0.6 is 22.9 Å². The number of amidine groups is 1. The third kappa shape index (κ3) is 7.61. The highest BCUT2D eigenvalue weighted by molar-refractivity contribution is 7.19. The maximum Gasteiger partial charge on any atom is 0.233 e. The number of amides is 3. The summed E-state index contributed by atoms with van der Waals surface area (Å²) in [6.45, 7) is 4.77. The first-order valence-corrected chi connectivity index (χ1v) is 14.1. The molecule has 0 bridgehead atoms. The minimum Gasteiger partial charge on any atom is -0.490 e. The van der Waals surface area contributed by atoms with Crippen molar-refractivity contribution in [2.75, 3.05) is 18.4 Å². The Kier molecular flexibility index (Phi) is 9.44. The Bertz CT molecular complexity index is 1400. The highest BCUT2D eigenvalue weighted by Gasteiger charge is 2.24. The molecule has 210 valence electrons. The molecule has 1 fully saturated rings. The number of nitrogens with two attached hydrogens (primary N) is 1. The van der Waals surface area contributed by atoms with Crippen LogP contribution in [0.4, 0.5) is 5.69 Å². The molecule has 2 heterocycles. The minimum absolute atomic E-state index is 0.00932. The van der Waals surface area contributed by atoms with E-state index in [4.69, 9.17) is 27.5 Å². The van der Waals surface area contributed by atoms with Crippen LogP contribution in [0.25, 0.3) is 10.4 Å². The van der Waals surface area contributed by atoms with Gasteiger partial charge in [0.15, 0.2) is 0 Å². The zero-order valence-electron chi connectivity index (χ0n) is 22.3. The monoisotopic (exact) mass is 581 g/mol. The molecule has 1 aliphatic heterocycles. The van der Waals surface area contributed by atoms with E-state index in [1.54, 1.807) is 31.2 Å². The number of thiophene rings is 1. The molecule has 1 aliphatic rings. The Morgan fingerprint density at radius 2 is 1.80 bits per heavy atom. The largest absolute Gasteiger partial charge is 0.490 e. The van der Waals surface area contributed by atoms with Crippen LogP contribution in [0.15, 0.2) is 54.6 Å². The van der Waals surface area contributed by atoms with E-state index < -0.39 is 11.8 Å². The van der Waals surface area contributed by atoms with Crippen LogP contribution in [0.5, 0.6) is 5.75 Å². The van der Waals surface area contributed by atoms with E-state index in [2.05, 4.69) is 10.6 Å². The number of rotatable bonds is 9. The second kappa shape index (κ2) is 13.0. The second-order valence-electron chi connectivity index (χ2n) is 9.69. The average Bonchev–Trinajstić information content (AvgIpc) is 3.35. The van der Waals surface area contributed by atoms with E-state index in [1.165, 1.54) is 11.3 Å². The molecule has 40 heavy (non-hydrogen) atoms. The first kappa shape index (κ1) is 29.1. The molecule has 11 heteroatoms. The number of carbonyl (C=O) groups is 3. The van der Waals surface area contributed by atoms with Gasteiger partial charge in [-0.05, 0) is 61.0 Å². The maximum absolute atomic E-state index is 12.6. The van der Waals surface area contributed by atoms with Gasteiger partial charge in [-0.25, -0.2) is 0 Å². The molecule has 3 amide bonds. The van der Waals surface area contributed by atoms with Gasteiger partial charge in [0.2, 0.25) is 17.7 Å². The molecule has 5 N–H and O–H groups in total. The number of nitrogens with zero attached hydrogens (tertiary/aromatic N) is 1. The molecule has 0 aliphatic carbocycles. The Labute approximate surface area is 242 Å². The van der Waals surface area contributed by atoms with Crippen molar-refractivity contribution in [3.05, 3.63) is 70.1 Å². The molecular weight excluding hydrogens is 550 g/mol. The van der Waals surface area contributed by atoms with Crippen LogP contribution < -0.4 is 21.1 Å². The summed E-state index contributed by atoms with van der Waals surface area (Å²) in [6, 6.07) is 15.7. The molecule has 3 aromatic rings. The summed E-state index contributed by atoms with van der Waals surface area (Å²) in [5.41, 5.74) is 8.23. The van der Waals surface area contributed by atoms with E-state index in [-0.39, 0.29) is 30.3 Å². The third-order valence-electron chi connectivity index (χ3n) is 6.70. The number of piperidine rings is 1. The summed E-state index contributed by atoms with van der Waals surface area (Å²) < 4.78 is 7.05. The van der Waals surface area contributed by atoms with Gasteiger partial charge in [-0.15, -0.1) is 11.3 Å².